The molecule has 1 aromatic heterocycles. The summed E-state index contributed by atoms with van der Waals surface area (Å²) < 4.78 is 27.9. The molecule has 9 heteroatoms. The standard InChI is InChI=1S/C19H23N5O3S/c1-19(2)15-13-14(5-6-16(15)22(3)17(19)25)28(26,27)24-11-9-23(10-12-24)18-20-7-4-8-21-18/h4-8,13H,9-12H2,1-3H3. The molecule has 0 aliphatic carbocycles. The fourth-order valence-corrected chi connectivity index (χ4v) is 5.29. The molecule has 1 saturated heterocycles. The number of carbonyl (C=O) groups is 1. The Morgan fingerprint density at radius 1 is 1.04 bits per heavy atom. The molecule has 0 N–H and O–H groups in total. The molecule has 0 radical (unpaired) electrons. The van der Waals surface area contributed by atoms with Gasteiger partial charge in [-0.1, -0.05) is 0 Å². The van der Waals surface area contributed by atoms with Crippen molar-refractivity contribution in [2.45, 2.75) is 24.2 Å². The van der Waals surface area contributed by atoms with Gasteiger partial charge >= 0.3 is 0 Å². The first-order valence-corrected chi connectivity index (χ1v) is 10.6. The van der Waals surface area contributed by atoms with Crippen molar-refractivity contribution in [2.24, 2.45) is 0 Å². The summed E-state index contributed by atoms with van der Waals surface area (Å²) in [5.74, 6) is 0.578. The van der Waals surface area contributed by atoms with Crippen LogP contribution in [0.3, 0.4) is 0 Å². The summed E-state index contributed by atoms with van der Waals surface area (Å²) >= 11 is 0. The minimum atomic E-state index is -3.64. The van der Waals surface area contributed by atoms with Crippen LogP contribution < -0.4 is 9.80 Å². The Hall–Kier alpha value is -2.52. The summed E-state index contributed by atoms with van der Waals surface area (Å²) in [5, 5.41) is 0. The van der Waals surface area contributed by atoms with Gasteiger partial charge in [0.2, 0.25) is 21.9 Å². The number of amides is 1. The van der Waals surface area contributed by atoms with Crippen LogP contribution in [-0.4, -0.2) is 61.8 Å². The van der Waals surface area contributed by atoms with Gasteiger partial charge in [0.15, 0.2) is 0 Å². The van der Waals surface area contributed by atoms with Crippen molar-refractivity contribution in [3.63, 3.8) is 0 Å². The normalized spacial score (nSPS) is 19.8. The van der Waals surface area contributed by atoms with Crippen LogP contribution in [0.5, 0.6) is 0 Å². The average Bonchev–Trinajstić information content (AvgIpc) is 2.89. The number of piperazine rings is 1. The van der Waals surface area contributed by atoms with Gasteiger partial charge in [-0.15, -0.1) is 0 Å². The van der Waals surface area contributed by atoms with Crippen molar-refractivity contribution in [3.8, 4) is 0 Å². The fourth-order valence-electron chi connectivity index (χ4n) is 3.84. The van der Waals surface area contributed by atoms with Gasteiger partial charge in [-0.3, -0.25) is 4.79 Å². The lowest BCUT2D eigenvalue weighted by Gasteiger charge is -2.34. The van der Waals surface area contributed by atoms with E-state index in [9.17, 15) is 13.2 Å². The minimum absolute atomic E-state index is 0.0338. The number of hydrogen-bond acceptors (Lipinski definition) is 6. The van der Waals surface area contributed by atoms with Crippen LogP contribution >= 0.6 is 0 Å². The monoisotopic (exact) mass is 401 g/mol. The number of rotatable bonds is 3. The highest BCUT2D eigenvalue weighted by Crippen LogP contribution is 2.42. The SMILES string of the molecule is CN1C(=O)C(C)(C)c2cc(S(=O)(=O)N3CCN(c4ncccn4)CC3)ccc21. The Morgan fingerprint density at radius 2 is 1.68 bits per heavy atom. The maximum Gasteiger partial charge on any atom is 0.243 e. The van der Waals surface area contributed by atoms with E-state index < -0.39 is 15.4 Å². The molecule has 2 aliphatic rings. The Labute approximate surface area is 164 Å². The van der Waals surface area contributed by atoms with Crippen LogP contribution in [-0.2, 0) is 20.2 Å². The van der Waals surface area contributed by atoms with Gasteiger partial charge < -0.3 is 9.80 Å². The van der Waals surface area contributed by atoms with E-state index in [1.807, 2.05) is 18.7 Å². The smallest absolute Gasteiger partial charge is 0.243 e. The third kappa shape index (κ3) is 2.85. The Balaban J connectivity index is 1.57. The number of sulfonamides is 1. The van der Waals surface area contributed by atoms with E-state index in [2.05, 4.69) is 9.97 Å². The van der Waals surface area contributed by atoms with Crippen molar-refractivity contribution < 1.29 is 13.2 Å². The molecule has 0 bridgehead atoms. The number of hydrogen-bond donors (Lipinski definition) is 0. The maximum atomic E-state index is 13.2. The quantitative estimate of drug-likeness (QED) is 0.769. The first kappa shape index (κ1) is 18.8. The van der Waals surface area contributed by atoms with Gasteiger partial charge in [0.1, 0.15) is 0 Å². The first-order chi connectivity index (χ1) is 13.2. The molecular weight excluding hydrogens is 378 g/mol. The van der Waals surface area contributed by atoms with E-state index in [1.165, 1.54) is 4.31 Å². The summed E-state index contributed by atoms with van der Waals surface area (Å²) in [5.41, 5.74) is 0.774. The summed E-state index contributed by atoms with van der Waals surface area (Å²) in [6, 6.07) is 6.72. The number of nitrogens with zero attached hydrogens (tertiary/aromatic N) is 5. The number of fused-ring (bicyclic) bond motifs is 1. The van der Waals surface area contributed by atoms with E-state index in [1.54, 1.807) is 48.6 Å². The molecule has 0 atom stereocenters. The Kier molecular flexibility index (Phi) is 4.39. The van der Waals surface area contributed by atoms with E-state index in [0.29, 0.717) is 32.1 Å². The van der Waals surface area contributed by atoms with Gasteiger partial charge in [-0.25, -0.2) is 18.4 Å². The largest absolute Gasteiger partial charge is 0.338 e. The number of aromatic nitrogens is 2. The molecule has 0 saturated carbocycles. The van der Waals surface area contributed by atoms with Crippen LogP contribution in [0.1, 0.15) is 19.4 Å². The van der Waals surface area contributed by atoms with Gasteiger partial charge in [0, 0.05) is 51.3 Å². The van der Waals surface area contributed by atoms with Crippen molar-refractivity contribution in [1.29, 1.82) is 0 Å². The molecule has 8 nitrogen and oxygen atoms in total. The molecule has 1 amide bonds. The van der Waals surface area contributed by atoms with Crippen molar-refractivity contribution in [3.05, 3.63) is 42.2 Å². The third-order valence-corrected chi connectivity index (χ3v) is 7.45. The third-order valence-electron chi connectivity index (χ3n) is 5.55. The zero-order valence-electron chi connectivity index (χ0n) is 16.2. The first-order valence-electron chi connectivity index (χ1n) is 9.18. The van der Waals surface area contributed by atoms with Crippen molar-refractivity contribution in [2.75, 3.05) is 43.0 Å². The molecule has 1 fully saturated rings. The van der Waals surface area contributed by atoms with Crippen LogP contribution in [0.2, 0.25) is 0 Å². The molecule has 2 aromatic rings. The molecule has 2 aliphatic heterocycles. The summed E-state index contributed by atoms with van der Waals surface area (Å²) in [6.45, 7) is 5.43. The Bertz CT molecular complexity index is 1020. The molecule has 148 valence electrons. The summed E-state index contributed by atoms with van der Waals surface area (Å²) in [4.78, 5) is 24.7. The second-order valence-corrected chi connectivity index (χ2v) is 9.55. The fraction of sp³-hybridized carbons (Fsp3) is 0.421. The molecule has 0 spiro atoms. The zero-order chi connectivity index (χ0) is 20.1. The predicted octanol–water partition coefficient (Wildman–Crippen LogP) is 1.24. The molecule has 1 aromatic carbocycles. The highest BCUT2D eigenvalue weighted by atomic mass is 32.2. The second kappa shape index (κ2) is 6.52. The summed E-state index contributed by atoms with van der Waals surface area (Å²) in [7, 11) is -1.92. The highest BCUT2D eigenvalue weighted by Gasteiger charge is 2.43. The second-order valence-electron chi connectivity index (χ2n) is 7.61. The molecule has 28 heavy (non-hydrogen) atoms. The topological polar surface area (TPSA) is 86.7 Å². The number of anilines is 2. The maximum absolute atomic E-state index is 13.2. The Morgan fingerprint density at radius 3 is 2.32 bits per heavy atom. The van der Waals surface area contributed by atoms with Crippen LogP contribution in [0.15, 0.2) is 41.6 Å². The zero-order valence-corrected chi connectivity index (χ0v) is 17.0. The average molecular weight is 401 g/mol. The molecule has 3 heterocycles. The predicted molar refractivity (Wildman–Crippen MR) is 106 cm³/mol. The molecule has 4 rings (SSSR count). The van der Waals surface area contributed by atoms with Crippen molar-refractivity contribution >= 4 is 27.6 Å². The van der Waals surface area contributed by atoms with Crippen molar-refractivity contribution in [1.82, 2.24) is 14.3 Å². The van der Waals surface area contributed by atoms with Gasteiger partial charge in [0.05, 0.1) is 10.3 Å². The lowest BCUT2D eigenvalue weighted by molar-refractivity contribution is -0.121. The van der Waals surface area contributed by atoms with Gasteiger partial charge in [0.25, 0.3) is 0 Å². The molecule has 0 unspecified atom stereocenters. The highest BCUT2D eigenvalue weighted by molar-refractivity contribution is 7.89. The van der Waals surface area contributed by atoms with E-state index in [0.717, 1.165) is 11.3 Å². The van der Waals surface area contributed by atoms with E-state index >= 15 is 0 Å². The van der Waals surface area contributed by atoms with Crippen LogP contribution in [0.4, 0.5) is 11.6 Å². The molecular formula is C19H23N5O3S. The lowest BCUT2D eigenvalue weighted by atomic mass is 9.86. The summed E-state index contributed by atoms with van der Waals surface area (Å²) in [6.07, 6.45) is 3.35. The van der Waals surface area contributed by atoms with Crippen LogP contribution in [0, 0.1) is 0 Å². The minimum Gasteiger partial charge on any atom is -0.338 e. The van der Waals surface area contributed by atoms with E-state index in [4.69, 9.17) is 0 Å². The van der Waals surface area contributed by atoms with Gasteiger partial charge in [-0.2, -0.15) is 4.31 Å². The number of carbonyl (C=O) groups excluding carboxylic acids is 1. The number of benzene rings is 1. The van der Waals surface area contributed by atoms with E-state index in [-0.39, 0.29) is 10.8 Å². The van der Waals surface area contributed by atoms with Crippen LogP contribution in [0.25, 0.3) is 0 Å². The van der Waals surface area contributed by atoms with Gasteiger partial charge in [-0.05, 0) is 43.7 Å². The lowest BCUT2D eigenvalue weighted by Crippen LogP contribution is -2.49. The number of likely N-dealkylation sites (N-methyl/N-ethyl adjacent to an activating group) is 1.